The molecule has 132 valence electrons. The molecular formula is C19H16Cl2N4O. The van der Waals surface area contributed by atoms with Crippen LogP contribution in [0.2, 0.25) is 10.0 Å². The van der Waals surface area contributed by atoms with Gasteiger partial charge in [0, 0.05) is 33.8 Å². The largest absolute Gasteiger partial charge is 0.324 e. The van der Waals surface area contributed by atoms with E-state index in [2.05, 4.69) is 20.6 Å². The van der Waals surface area contributed by atoms with E-state index in [1.54, 1.807) is 24.3 Å². The number of nitrogens with one attached hydrogen (secondary N) is 2. The smallest absolute Gasteiger partial charge is 0.258 e. The van der Waals surface area contributed by atoms with Crippen molar-refractivity contribution < 1.29 is 4.79 Å². The molecule has 3 aromatic rings. The fourth-order valence-electron chi connectivity index (χ4n) is 2.33. The van der Waals surface area contributed by atoms with E-state index in [4.69, 9.17) is 23.2 Å². The number of halogens is 2. The van der Waals surface area contributed by atoms with Gasteiger partial charge in [0.15, 0.2) is 0 Å². The molecule has 2 aromatic carbocycles. The van der Waals surface area contributed by atoms with Crippen molar-refractivity contribution in [3.05, 3.63) is 75.5 Å². The lowest BCUT2D eigenvalue weighted by Gasteiger charge is -2.10. The van der Waals surface area contributed by atoms with Crippen molar-refractivity contribution in [2.24, 2.45) is 0 Å². The maximum Gasteiger partial charge on any atom is 0.258 e. The minimum atomic E-state index is -0.301. The SMILES string of the molecule is Cc1cc(Cl)ccc1Nc1ncc(C(=O)Nc2cccc(Cl)c2C)cn1. The Morgan fingerprint density at radius 2 is 1.73 bits per heavy atom. The van der Waals surface area contributed by atoms with Crippen LogP contribution < -0.4 is 10.6 Å². The summed E-state index contributed by atoms with van der Waals surface area (Å²) in [6.45, 7) is 3.78. The molecule has 1 amide bonds. The molecule has 5 nitrogen and oxygen atoms in total. The van der Waals surface area contributed by atoms with Gasteiger partial charge in [-0.3, -0.25) is 4.79 Å². The Labute approximate surface area is 161 Å². The Morgan fingerprint density at radius 3 is 2.42 bits per heavy atom. The van der Waals surface area contributed by atoms with Crippen LogP contribution in [-0.2, 0) is 0 Å². The molecule has 0 aliphatic carbocycles. The van der Waals surface area contributed by atoms with Crippen molar-refractivity contribution in [2.75, 3.05) is 10.6 Å². The predicted octanol–water partition coefficient (Wildman–Crippen LogP) is 5.40. The number of aryl methyl sites for hydroxylation is 1. The van der Waals surface area contributed by atoms with Gasteiger partial charge < -0.3 is 10.6 Å². The van der Waals surface area contributed by atoms with Crippen molar-refractivity contribution in [1.82, 2.24) is 9.97 Å². The van der Waals surface area contributed by atoms with E-state index in [-0.39, 0.29) is 5.91 Å². The number of nitrogens with zero attached hydrogens (tertiary/aromatic N) is 2. The average molecular weight is 387 g/mol. The summed E-state index contributed by atoms with van der Waals surface area (Å²) in [5, 5.41) is 7.17. The first-order valence-electron chi connectivity index (χ1n) is 7.86. The third kappa shape index (κ3) is 4.12. The summed E-state index contributed by atoms with van der Waals surface area (Å²) >= 11 is 12.0. The Bertz CT molecular complexity index is 958. The number of benzene rings is 2. The molecule has 0 saturated heterocycles. The number of carbonyl (C=O) groups excluding carboxylic acids is 1. The van der Waals surface area contributed by atoms with Gasteiger partial charge in [-0.05, 0) is 55.3 Å². The lowest BCUT2D eigenvalue weighted by atomic mass is 10.2. The summed E-state index contributed by atoms with van der Waals surface area (Å²) in [6, 6.07) is 10.8. The van der Waals surface area contributed by atoms with Crippen LogP contribution in [0.25, 0.3) is 0 Å². The average Bonchev–Trinajstić information content (AvgIpc) is 2.62. The number of rotatable bonds is 4. The molecule has 0 unspecified atom stereocenters. The monoisotopic (exact) mass is 386 g/mol. The second-order valence-corrected chi connectivity index (χ2v) is 6.59. The van der Waals surface area contributed by atoms with Gasteiger partial charge in [-0.25, -0.2) is 9.97 Å². The topological polar surface area (TPSA) is 66.9 Å². The highest BCUT2D eigenvalue weighted by Gasteiger charge is 2.11. The third-order valence-corrected chi connectivity index (χ3v) is 4.51. The molecule has 0 aliphatic rings. The number of aromatic nitrogens is 2. The van der Waals surface area contributed by atoms with Crippen molar-refractivity contribution in [3.63, 3.8) is 0 Å². The first-order chi connectivity index (χ1) is 12.4. The predicted molar refractivity (Wildman–Crippen MR) is 106 cm³/mol. The summed E-state index contributed by atoms with van der Waals surface area (Å²) in [5.41, 5.74) is 3.63. The van der Waals surface area contributed by atoms with Gasteiger partial charge in [0.2, 0.25) is 5.95 Å². The van der Waals surface area contributed by atoms with Gasteiger partial charge in [-0.2, -0.15) is 0 Å². The second kappa shape index (κ2) is 7.72. The van der Waals surface area contributed by atoms with Crippen molar-refractivity contribution >= 4 is 46.4 Å². The molecule has 1 aromatic heterocycles. The van der Waals surface area contributed by atoms with Crippen LogP contribution in [0, 0.1) is 13.8 Å². The summed E-state index contributed by atoms with van der Waals surface area (Å²) in [5.74, 6) is 0.0931. The zero-order chi connectivity index (χ0) is 18.7. The molecular weight excluding hydrogens is 371 g/mol. The van der Waals surface area contributed by atoms with Gasteiger partial charge >= 0.3 is 0 Å². The fourth-order valence-corrected chi connectivity index (χ4v) is 2.74. The van der Waals surface area contributed by atoms with E-state index in [1.807, 2.05) is 26.0 Å². The van der Waals surface area contributed by atoms with E-state index in [0.717, 1.165) is 16.8 Å². The molecule has 26 heavy (non-hydrogen) atoms. The zero-order valence-electron chi connectivity index (χ0n) is 14.2. The molecule has 0 atom stereocenters. The van der Waals surface area contributed by atoms with Crippen LogP contribution in [0.5, 0.6) is 0 Å². The number of hydrogen-bond donors (Lipinski definition) is 2. The fraction of sp³-hybridized carbons (Fsp3) is 0.105. The van der Waals surface area contributed by atoms with Crippen LogP contribution in [0.3, 0.4) is 0 Å². The maximum atomic E-state index is 12.4. The molecule has 7 heteroatoms. The Balaban J connectivity index is 1.72. The van der Waals surface area contributed by atoms with Crippen LogP contribution in [0.15, 0.2) is 48.8 Å². The number of hydrogen-bond acceptors (Lipinski definition) is 4. The van der Waals surface area contributed by atoms with E-state index in [1.165, 1.54) is 12.4 Å². The molecule has 0 radical (unpaired) electrons. The molecule has 0 fully saturated rings. The summed E-state index contributed by atoms with van der Waals surface area (Å²) in [7, 11) is 0. The highest BCUT2D eigenvalue weighted by Crippen LogP contribution is 2.24. The zero-order valence-corrected chi connectivity index (χ0v) is 15.7. The van der Waals surface area contributed by atoms with Gasteiger partial charge in [0.25, 0.3) is 5.91 Å². The second-order valence-electron chi connectivity index (χ2n) is 5.75. The van der Waals surface area contributed by atoms with Crippen LogP contribution in [0.4, 0.5) is 17.3 Å². The van der Waals surface area contributed by atoms with E-state index in [9.17, 15) is 4.79 Å². The molecule has 1 heterocycles. The van der Waals surface area contributed by atoms with Gasteiger partial charge in [0.1, 0.15) is 0 Å². The Hall–Kier alpha value is -2.63. The molecule has 0 bridgehead atoms. The van der Waals surface area contributed by atoms with Crippen molar-refractivity contribution in [2.45, 2.75) is 13.8 Å². The van der Waals surface area contributed by atoms with Gasteiger partial charge in [-0.1, -0.05) is 29.3 Å². The van der Waals surface area contributed by atoms with Gasteiger partial charge in [-0.15, -0.1) is 0 Å². The van der Waals surface area contributed by atoms with E-state index < -0.39 is 0 Å². The number of amides is 1. The lowest BCUT2D eigenvalue weighted by Crippen LogP contribution is -2.14. The van der Waals surface area contributed by atoms with Gasteiger partial charge in [0.05, 0.1) is 5.56 Å². The quantitative estimate of drug-likeness (QED) is 0.629. The highest BCUT2D eigenvalue weighted by molar-refractivity contribution is 6.32. The minimum absolute atomic E-state index is 0.301. The molecule has 0 aliphatic heterocycles. The minimum Gasteiger partial charge on any atom is -0.324 e. The van der Waals surface area contributed by atoms with E-state index >= 15 is 0 Å². The van der Waals surface area contributed by atoms with Crippen molar-refractivity contribution in [3.8, 4) is 0 Å². The number of anilines is 3. The molecule has 0 saturated carbocycles. The Kier molecular flexibility index (Phi) is 5.40. The number of carbonyl (C=O) groups is 1. The molecule has 2 N–H and O–H groups in total. The normalized spacial score (nSPS) is 10.5. The molecule has 3 rings (SSSR count). The first kappa shape index (κ1) is 18.2. The third-order valence-electron chi connectivity index (χ3n) is 3.86. The molecule has 0 spiro atoms. The standard InChI is InChI=1S/C19H16Cl2N4O/c1-11-8-14(20)6-7-16(11)25-19-22-9-13(10-23-19)18(26)24-17-5-3-4-15(21)12(17)2/h3-10H,1-2H3,(H,24,26)(H,22,23,25). The van der Waals surface area contributed by atoms with Crippen LogP contribution >= 0.6 is 23.2 Å². The summed E-state index contributed by atoms with van der Waals surface area (Å²) in [6.07, 6.45) is 2.94. The van der Waals surface area contributed by atoms with E-state index in [0.29, 0.717) is 27.2 Å². The highest BCUT2D eigenvalue weighted by atomic mass is 35.5. The Morgan fingerprint density at radius 1 is 1.00 bits per heavy atom. The first-order valence-corrected chi connectivity index (χ1v) is 8.61. The lowest BCUT2D eigenvalue weighted by molar-refractivity contribution is 0.102. The summed E-state index contributed by atoms with van der Waals surface area (Å²) in [4.78, 5) is 20.8. The van der Waals surface area contributed by atoms with Crippen LogP contribution in [0.1, 0.15) is 21.5 Å². The van der Waals surface area contributed by atoms with Crippen molar-refractivity contribution in [1.29, 1.82) is 0 Å². The maximum absolute atomic E-state index is 12.4. The van der Waals surface area contributed by atoms with Crippen LogP contribution in [-0.4, -0.2) is 15.9 Å². The summed E-state index contributed by atoms with van der Waals surface area (Å²) < 4.78 is 0.